The lowest BCUT2D eigenvalue weighted by Crippen LogP contribution is -2.19. The second kappa shape index (κ2) is 5.79. The highest BCUT2D eigenvalue weighted by Gasteiger charge is 2.10. The molecule has 2 rings (SSSR count). The molecule has 0 aliphatic carbocycles. The number of benzene rings is 1. The number of carbonyl (C=O) groups is 1. The van der Waals surface area contributed by atoms with Crippen LogP contribution >= 0.6 is 12.2 Å². The molecule has 100 valence electrons. The third kappa shape index (κ3) is 3.08. The highest BCUT2D eigenvalue weighted by molar-refractivity contribution is 7.71. The van der Waals surface area contributed by atoms with Gasteiger partial charge in [0.05, 0.1) is 0 Å². The summed E-state index contributed by atoms with van der Waals surface area (Å²) in [6, 6.07) is 8.03. The molecule has 0 atom stereocenters. The Balaban J connectivity index is 2.32. The first-order valence-corrected chi connectivity index (χ1v) is 6.45. The number of H-pyrrole nitrogens is 1. The van der Waals surface area contributed by atoms with Crippen LogP contribution in [0.4, 0.5) is 0 Å². The number of aromatic nitrogens is 3. The SMILES string of the molecule is CNC(=O)CCn1c(-c2cccc(C)c2)n[nH]c1=S. The summed E-state index contributed by atoms with van der Waals surface area (Å²) in [4.78, 5) is 11.3. The van der Waals surface area contributed by atoms with E-state index in [1.54, 1.807) is 7.05 Å². The van der Waals surface area contributed by atoms with Crippen LogP contribution in [0.15, 0.2) is 24.3 Å². The molecular weight excluding hydrogens is 260 g/mol. The lowest BCUT2D eigenvalue weighted by molar-refractivity contribution is -0.120. The van der Waals surface area contributed by atoms with E-state index in [4.69, 9.17) is 12.2 Å². The van der Waals surface area contributed by atoms with Gasteiger partial charge < -0.3 is 5.32 Å². The van der Waals surface area contributed by atoms with Gasteiger partial charge in [-0.3, -0.25) is 14.5 Å². The zero-order valence-electron chi connectivity index (χ0n) is 10.9. The first-order chi connectivity index (χ1) is 9.11. The lowest BCUT2D eigenvalue weighted by Gasteiger charge is -2.06. The summed E-state index contributed by atoms with van der Waals surface area (Å²) in [6.07, 6.45) is 0.378. The average Bonchev–Trinajstić information content (AvgIpc) is 2.77. The standard InChI is InChI=1S/C13H16N4OS/c1-9-4-3-5-10(8-9)12-15-16-13(19)17(12)7-6-11(18)14-2/h3-5,8H,6-7H2,1-2H3,(H,14,18)(H,16,19). The van der Waals surface area contributed by atoms with Crippen molar-refractivity contribution in [3.05, 3.63) is 34.6 Å². The van der Waals surface area contributed by atoms with Crippen LogP contribution in [0.5, 0.6) is 0 Å². The van der Waals surface area contributed by atoms with Gasteiger partial charge in [0.2, 0.25) is 5.91 Å². The van der Waals surface area contributed by atoms with Gasteiger partial charge in [-0.2, -0.15) is 5.10 Å². The number of rotatable bonds is 4. The second-order valence-electron chi connectivity index (χ2n) is 4.30. The highest BCUT2D eigenvalue weighted by atomic mass is 32.1. The molecular formula is C13H16N4OS. The fourth-order valence-electron chi connectivity index (χ4n) is 1.87. The Labute approximate surface area is 116 Å². The van der Waals surface area contributed by atoms with Crippen molar-refractivity contribution < 1.29 is 4.79 Å². The first-order valence-electron chi connectivity index (χ1n) is 6.04. The minimum atomic E-state index is -0.0155. The minimum absolute atomic E-state index is 0.0155. The molecule has 6 heteroatoms. The van der Waals surface area contributed by atoms with Gasteiger partial charge in [-0.1, -0.05) is 23.8 Å². The number of amides is 1. The van der Waals surface area contributed by atoms with Crippen molar-refractivity contribution in [3.63, 3.8) is 0 Å². The fourth-order valence-corrected chi connectivity index (χ4v) is 2.09. The summed E-state index contributed by atoms with van der Waals surface area (Å²) in [5.41, 5.74) is 2.15. The van der Waals surface area contributed by atoms with E-state index in [9.17, 15) is 4.79 Å². The zero-order valence-corrected chi connectivity index (χ0v) is 11.8. The number of nitrogens with one attached hydrogen (secondary N) is 2. The molecule has 0 spiro atoms. The third-order valence-corrected chi connectivity index (χ3v) is 3.19. The van der Waals surface area contributed by atoms with Crippen molar-refractivity contribution in [1.29, 1.82) is 0 Å². The van der Waals surface area contributed by atoms with Gasteiger partial charge in [0.25, 0.3) is 0 Å². The molecule has 2 aromatic rings. The number of hydrogen-bond acceptors (Lipinski definition) is 3. The topological polar surface area (TPSA) is 62.7 Å². The van der Waals surface area contributed by atoms with Gasteiger partial charge in [0.15, 0.2) is 10.6 Å². The molecule has 0 saturated carbocycles. The zero-order chi connectivity index (χ0) is 13.8. The summed E-state index contributed by atoms with van der Waals surface area (Å²) < 4.78 is 2.37. The van der Waals surface area contributed by atoms with Gasteiger partial charge in [-0.15, -0.1) is 0 Å². The van der Waals surface area contributed by atoms with Crippen molar-refractivity contribution >= 4 is 18.1 Å². The number of aryl methyl sites for hydroxylation is 1. The van der Waals surface area contributed by atoms with Crippen LogP contribution in [0.1, 0.15) is 12.0 Å². The Hall–Kier alpha value is -1.95. The average molecular weight is 276 g/mol. The molecule has 5 nitrogen and oxygen atoms in total. The Bertz CT molecular complexity index is 644. The molecule has 2 N–H and O–H groups in total. The number of hydrogen-bond donors (Lipinski definition) is 2. The van der Waals surface area contributed by atoms with Gasteiger partial charge in [-0.05, 0) is 25.2 Å². The Morgan fingerprint density at radius 1 is 1.53 bits per heavy atom. The van der Waals surface area contributed by atoms with Crippen LogP contribution in [0.3, 0.4) is 0 Å². The second-order valence-corrected chi connectivity index (χ2v) is 4.68. The third-order valence-electron chi connectivity index (χ3n) is 2.88. The number of aromatic amines is 1. The molecule has 1 aromatic heterocycles. The quantitative estimate of drug-likeness (QED) is 0.840. The van der Waals surface area contributed by atoms with E-state index >= 15 is 0 Å². The van der Waals surface area contributed by atoms with E-state index in [0.717, 1.165) is 17.0 Å². The molecule has 19 heavy (non-hydrogen) atoms. The van der Waals surface area contributed by atoms with Crippen LogP contribution in [-0.4, -0.2) is 27.7 Å². The van der Waals surface area contributed by atoms with Crippen LogP contribution in [-0.2, 0) is 11.3 Å². The number of carbonyl (C=O) groups excluding carboxylic acids is 1. The van der Waals surface area contributed by atoms with Gasteiger partial charge >= 0.3 is 0 Å². The molecule has 0 aliphatic heterocycles. The van der Waals surface area contributed by atoms with Gasteiger partial charge in [-0.25, -0.2) is 0 Å². The molecule has 0 fully saturated rings. The molecule has 0 saturated heterocycles. The maximum Gasteiger partial charge on any atom is 0.221 e. The van der Waals surface area contributed by atoms with E-state index in [-0.39, 0.29) is 5.91 Å². The number of nitrogens with zero attached hydrogens (tertiary/aromatic N) is 2. The Kier molecular flexibility index (Phi) is 4.11. The molecule has 1 heterocycles. The van der Waals surface area contributed by atoms with Gasteiger partial charge in [0.1, 0.15) is 0 Å². The van der Waals surface area contributed by atoms with E-state index < -0.39 is 0 Å². The van der Waals surface area contributed by atoms with Crippen molar-refractivity contribution in [3.8, 4) is 11.4 Å². The largest absolute Gasteiger partial charge is 0.359 e. The molecule has 0 radical (unpaired) electrons. The summed E-state index contributed by atoms with van der Waals surface area (Å²) in [7, 11) is 1.62. The minimum Gasteiger partial charge on any atom is -0.359 e. The molecule has 0 unspecified atom stereocenters. The van der Waals surface area contributed by atoms with Crippen molar-refractivity contribution in [1.82, 2.24) is 20.1 Å². The highest BCUT2D eigenvalue weighted by Crippen LogP contribution is 2.18. The predicted octanol–water partition coefficient (Wildman–Crippen LogP) is 2.05. The lowest BCUT2D eigenvalue weighted by atomic mass is 10.1. The maximum absolute atomic E-state index is 11.3. The first kappa shape index (κ1) is 13.5. The van der Waals surface area contributed by atoms with Gasteiger partial charge in [0, 0.05) is 25.6 Å². The van der Waals surface area contributed by atoms with E-state index in [2.05, 4.69) is 15.5 Å². The Morgan fingerprint density at radius 2 is 2.32 bits per heavy atom. The van der Waals surface area contributed by atoms with E-state index in [1.807, 2.05) is 35.8 Å². The summed E-state index contributed by atoms with van der Waals surface area (Å²) in [5, 5.41) is 9.62. The Morgan fingerprint density at radius 3 is 3.00 bits per heavy atom. The molecule has 1 amide bonds. The van der Waals surface area contributed by atoms with Crippen LogP contribution in [0, 0.1) is 11.7 Å². The smallest absolute Gasteiger partial charge is 0.221 e. The normalized spacial score (nSPS) is 10.4. The van der Waals surface area contributed by atoms with Crippen LogP contribution in [0.25, 0.3) is 11.4 Å². The van der Waals surface area contributed by atoms with Crippen molar-refractivity contribution in [2.45, 2.75) is 19.9 Å². The molecule has 0 aliphatic rings. The molecule has 1 aromatic carbocycles. The summed E-state index contributed by atoms with van der Waals surface area (Å²) in [5.74, 6) is 0.746. The van der Waals surface area contributed by atoms with E-state index in [0.29, 0.717) is 17.7 Å². The monoisotopic (exact) mass is 276 g/mol. The molecule has 0 bridgehead atoms. The maximum atomic E-state index is 11.3. The fraction of sp³-hybridized carbons (Fsp3) is 0.308. The van der Waals surface area contributed by atoms with Crippen molar-refractivity contribution in [2.24, 2.45) is 0 Å². The van der Waals surface area contributed by atoms with E-state index in [1.165, 1.54) is 0 Å². The van der Waals surface area contributed by atoms with Crippen molar-refractivity contribution in [2.75, 3.05) is 7.05 Å². The summed E-state index contributed by atoms with van der Waals surface area (Å²) >= 11 is 5.21. The van der Waals surface area contributed by atoms with Crippen LogP contribution in [0.2, 0.25) is 0 Å². The predicted molar refractivity (Wildman–Crippen MR) is 76.3 cm³/mol. The van der Waals surface area contributed by atoms with Crippen LogP contribution < -0.4 is 5.32 Å². The summed E-state index contributed by atoms with van der Waals surface area (Å²) in [6.45, 7) is 2.54.